The Labute approximate surface area is 203 Å². The van der Waals surface area contributed by atoms with Gasteiger partial charge in [-0.3, -0.25) is 0 Å². The number of aromatic nitrogens is 2. The third kappa shape index (κ3) is 3.49. The van der Waals surface area contributed by atoms with Crippen molar-refractivity contribution in [2.24, 2.45) is 0 Å². The first-order valence-corrected chi connectivity index (χ1v) is 12.3. The molecule has 152 valence electrons. The second-order valence-electron chi connectivity index (χ2n) is 7.62. The van der Waals surface area contributed by atoms with Gasteiger partial charge in [0.2, 0.25) is 0 Å². The molecule has 0 saturated carbocycles. The fraction of sp³-hybridized carbons (Fsp3) is 0. The molecule has 0 unspecified atom stereocenters. The topological polar surface area (TPSA) is 25.8 Å². The van der Waals surface area contributed by atoms with Crippen LogP contribution in [0.25, 0.3) is 53.9 Å². The summed E-state index contributed by atoms with van der Waals surface area (Å²) in [5.41, 5.74) is 5.40. The zero-order chi connectivity index (χ0) is 21.5. The van der Waals surface area contributed by atoms with Gasteiger partial charge in [-0.05, 0) is 58.0 Å². The zero-order valence-corrected chi connectivity index (χ0v) is 20.0. The van der Waals surface area contributed by atoms with E-state index in [9.17, 15) is 0 Å². The van der Waals surface area contributed by atoms with Crippen LogP contribution in [0.15, 0.2) is 103 Å². The molecule has 0 N–H and O–H groups in total. The Hall–Kier alpha value is -3.09. The second-order valence-corrected chi connectivity index (χ2v) is 9.81. The molecule has 4 heteroatoms. The van der Waals surface area contributed by atoms with Crippen molar-refractivity contribution in [1.82, 2.24) is 9.97 Å². The first kappa shape index (κ1) is 19.6. The van der Waals surface area contributed by atoms with E-state index >= 15 is 0 Å². The van der Waals surface area contributed by atoms with Crippen molar-refractivity contribution in [2.75, 3.05) is 0 Å². The van der Waals surface area contributed by atoms with Crippen molar-refractivity contribution in [3.8, 4) is 33.8 Å². The Bertz CT molecular complexity index is 1590. The lowest BCUT2D eigenvalue weighted by atomic mass is 9.99. The zero-order valence-electron chi connectivity index (χ0n) is 17.0. The van der Waals surface area contributed by atoms with E-state index in [0.717, 1.165) is 31.9 Å². The van der Waals surface area contributed by atoms with Crippen LogP contribution in [0.2, 0.25) is 0 Å². The fourth-order valence-electron chi connectivity index (χ4n) is 4.12. The van der Waals surface area contributed by atoms with Crippen molar-refractivity contribution in [3.63, 3.8) is 0 Å². The monoisotopic (exact) mass is 540 g/mol. The van der Waals surface area contributed by atoms with E-state index in [1.165, 1.54) is 25.7 Å². The van der Waals surface area contributed by atoms with Gasteiger partial charge in [-0.2, -0.15) is 0 Å². The first-order chi connectivity index (χ1) is 15.8. The number of hydrogen-bond acceptors (Lipinski definition) is 3. The Kier molecular flexibility index (Phi) is 4.97. The minimum Gasteiger partial charge on any atom is -0.228 e. The van der Waals surface area contributed by atoms with Crippen LogP contribution in [-0.2, 0) is 0 Å². The first-order valence-electron chi connectivity index (χ1n) is 10.4. The van der Waals surface area contributed by atoms with Gasteiger partial charge in [-0.15, -0.1) is 11.3 Å². The summed E-state index contributed by atoms with van der Waals surface area (Å²) in [6, 6.07) is 36.1. The van der Waals surface area contributed by atoms with E-state index in [4.69, 9.17) is 9.97 Å². The molecule has 0 amide bonds. The van der Waals surface area contributed by atoms with Crippen LogP contribution in [0.5, 0.6) is 0 Å². The summed E-state index contributed by atoms with van der Waals surface area (Å²) in [6.07, 6.45) is 0. The average Bonchev–Trinajstić information content (AvgIpc) is 3.22. The summed E-state index contributed by atoms with van der Waals surface area (Å²) < 4.78 is 3.54. The van der Waals surface area contributed by atoms with Gasteiger partial charge in [0.1, 0.15) is 3.70 Å². The highest BCUT2D eigenvalue weighted by Gasteiger charge is 2.13. The average molecular weight is 540 g/mol. The van der Waals surface area contributed by atoms with Crippen LogP contribution in [0.3, 0.4) is 0 Å². The smallest absolute Gasteiger partial charge is 0.161 e. The number of fused-ring (bicyclic) bond motifs is 3. The van der Waals surface area contributed by atoms with Gasteiger partial charge in [0.15, 0.2) is 5.82 Å². The van der Waals surface area contributed by atoms with Gasteiger partial charge in [0, 0.05) is 31.3 Å². The molecule has 6 aromatic rings. The molecule has 0 radical (unpaired) electrons. The van der Waals surface area contributed by atoms with Crippen molar-refractivity contribution >= 4 is 54.1 Å². The van der Waals surface area contributed by atoms with Crippen LogP contribution in [0.4, 0.5) is 0 Å². The van der Waals surface area contributed by atoms with Crippen molar-refractivity contribution in [3.05, 3.63) is 107 Å². The van der Waals surface area contributed by atoms with E-state index in [-0.39, 0.29) is 0 Å². The summed E-state index contributed by atoms with van der Waals surface area (Å²) >= 11 is 4.13. The molecular weight excluding hydrogens is 523 g/mol. The molecule has 4 aromatic carbocycles. The van der Waals surface area contributed by atoms with Crippen LogP contribution >= 0.6 is 33.9 Å². The molecular formula is C28H17IN2S. The van der Waals surface area contributed by atoms with E-state index in [1.807, 2.05) is 23.5 Å². The predicted octanol–water partition coefficient (Wildman–Crippen LogP) is 8.45. The van der Waals surface area contributed by atoms with Gasteiger partial charge < -0.3 is 0 Å². The highest BCUT2D eigenvalue weighted by Crippen LogP contribution is 2.37. The fourth-order valence-corrected chi connectivity index (χ4v) is 5.73. The lowest BCUT2D eigenvalue weighted by Crippen LogP contribution is -1.96. The molecule has 2 aromatic heterocycles. The van der Waals surface area contributed by atoms with Crippen LogP contribution < -0.4 is 0 Å². The van der Waals surface area contributed by atoms with Crippen LogP contribution in [0.1, 0.15) is 0 Å². The van der Waals surface area contributed by atoms with Gasteiger partial charge in [-0.25, -0.2) is 9.97 Å². The molecule has 0 spiro atoms. The number of nitrogens with zero attached hydrogens (tertiary/aromatic N) is 2. The van der Waals surface area contributed by atoms with Crippen molar-refractivity contribution in [1.29, 1.82) is 0 Å². The maximum atomic E-state index is 5.02. The summed E-state index contributed by atoms with van der Waals surface area (Å²) in [4.78, 5) is 9.81. The number of thiophene rings is 1. The molecule has 0 fully saturated rings. The SMILES string of the molecule is Ic1cc(-c2ccc3sc4ccccc4c3c2)nc(-c2ccccc2-c2ccccc2)n1. The van der Waals surface area contributed by atoms with Crippen LogP contribution in [0, 0.1) is 3.70 Å². The number of halogens is 1. The summed E-state index contributed by atoms with van der Waals surface area (Å²) in [6.45, 7) is 0. The van der Waals surface area contributed by atoms with E-state index < -0.39 is 0 Å². The third-order valence-electron chi connectivity index (χ3n) is 5.62. The third-order valence-corrected chi connectivity index (χ3v) is 7.32. The van der Waals surface area contributed by atoms with Gasteiger partial charge in [-0.1, -0.05) is 78.9 Å². The summed E-state index contributed by atoms with van der Waals surface area (Å²) in [5.74, 6) is 0.752. The number of hydrogen-bond donors (Lipinski definition) is 0. The minimum atomic E-state index is 0.752. The number of benzene rings is 4. The van der Waals surface area contributed by atoms with E-state index in [2.05, 4.69) is 114 Å². The largest absolute Gasteiger partial charge is 0.228 e. The summed E-state index contributed by atoms with van der Waals surface area (Å²) in [7, 11) is 0. The van der Waals surface area contributed by atoms with Crippen molar-refractivity contribution in [2.45, 2.75) is 0 Å². The maximum absolute atomic E-state index is 5.02. The maximum Gasteiger partial charge on any atom is 0.161 e. The molecule has 0 saturated heterocycles. The highest BCUT2D eigenvalue weighted by atomic mass is 127. The Morgan fingerprint density at radius 1 is 0.562 bits per heavy atom. The summed E-state index contributed by atoms with van der Waals surface area (Å²) in [5, 5.41) is 2.58. The van der Waals surface area contributed by atoms with Gasteiger partial charge >= 0.3 is 0 Å². The molecule has 0 bridgehead atoms. The molecule has 2 nitrogen and oxygen atoms in total. The molecule has 2 heterocycles. The van der Waals surface area contributed by atoms with Gasteiger partial charge in [0.25, 0.3) is 0 Å². The lowest BCUT2D eigenvalue weighted by Gasteiger charge is -2.11. The molecule has 0 atom stereocenters. The van der Waals surface area contributed by atoms with E-state index in [1.54, 1.807) is 0 Å². The van der Waals surface area contributed by atoms with E-state index in [0.29, 0.717) is 0 Å². The Morgan fingerprint density at radius 3 is 2.16 bits per heavy atom. The molecule has 32 heavy (non-hydrogen) atoms. The highest BCUT2D eigenvalue weighted by molar-refractivity contribution is 14.1. The Balaban J connectivity index is 1.52. The minimum absolute atomic E-state index is 0.752. The van der Waals surface area contributed by atoms with Crippen molar-refractivity contribution < 1.29 is 0 Å². The predicted molar refractivity (Wildman–Crippen MR) is 144 cm³/mol. The number of rotatable bonds is 3. The van der Waals surface area contributed by atoms with Gasteiger partial charge in [0.05, 0.1) is 5.69 Å². The molecule has 0 aliphatic rings. The lowest BCUT2D eigenvalue weighted by molar-refractivity contribution is 1.15. The molecule has 0 aliphatic carbocycles. The van der Waals surface area contributed by atoms with Crippen LogP contribution in [-0.4, -0.2) is 9.97 Å². The standard InChI is InChI=1S/C28H17IN2S/c29-27-17-24(19-14-15-26-23(16-19)21-11-6-7-13-25(21)32-26)30-28(31-27)22-12-5-4-10-20(22)18-8-2-1-3-9-18/h1-17H. The Morgan fingerprint density at radius 2 is 1.28 bits per heavy atom. The quantitative estimate of drug-likeness (QED) is 0.166. The normalized spacial score (nSPS) is 11.3. The molecule has 0 aliphatic heterocycles. The second kappa shape index (κ2) is 8.11. The molecule has 6 rings (SSSR count).